The topological polar surface area (TPSA) is 78.9 Å². The number of amides is 2. The molecule has 96 valence electrons. The highest BCUT2D eigenvalue weighted by Gasteiger charge is 2.20. The van der Waals surface area contributed by atoms with Crippen LogP contribution in [0.2, 0.25) is 0 Å². The zero-order chi connectivity index (χ0) is 13.0. The van der Waals surface area contributed by atoms with E-state index in [1.54, 1.807) is 29.2 Å². The van der Waals surface area contributed by atoms with Crippen LogP contribution in [0, 0.1) is 0 Å². The summed E-state index contributed by atoms with van der Waals surface area (Å²) in [5, 5.41) is 11.2. The molecule has 0 spiro atoms. The number of urea groups is 1. The van der Waals surface area contributed by atoms with Crippen molar-refractivity contribution in [2.24, 2.45) is 0 Å². The van der Waals surface area contributed by atoms with Gasteiger partial charge in [0, 0.05) is 18.8 Å². The van der Waals surface area contributed by atoms with Crippen molar-refractivity contribution < 1.29 is 19.4 Å². The predicted molar refractivity (Wildman–Crippen MR) is 64.9 cm³/mol. The number of carbonyl (C=O) groups is 2. The number of hydrogen-bond donors (Lipinski definition) is 2. The molecule has 1 heterocycles. The summed E-state index contributed by atoms with van der Waals surface area (Å²) in [7, 11) is 0. The lowest BCUT2D eigenvalue weighted by Crippen LogP contribution is -2.27. The Bertz CT molecular complexity index is 444. The third kappa shape index (κ3) is 2.91. The maximum Gasteiger partial charge on any atom is 0.321 e. The zero-order valence-corrected chi connectivity index (χ0v) is 9.76. The molecule has 1 aliphatic rings. The second kappa shape index (κ2) is 5.39. The molecule has 1 fully saturated rings. The van der Waals surface area contributed by atoms with Crippen LogP contribution in [0.25, 0.3) is 0 Å². The van der Waals surface area contributed by atoms with E-state index in [2.05, 4.69) is 5.32 Å². The summed E-state index contributed by atoms with van der Waals surface area (Å²) in [4.78, 5) is 23.4. The molecule has 1 saturated heterocycles. The second-order valence-electron chi connectivity index (χ2n) is 3.87. The van der Waals surface area contributed by atoms with Gasteiger partial charge >= 0.3 is 12.0 Å². The number of ether oxygens (including phenoxy) is 1. The monoisotopic (exact) mass is 250 g/mol. The average molecular weight is 250 g/mol. The van der Waals surface area contributed by atoms with Gasteiger partial charge in [-0.25, -0.2) is 4.79 Å². The van der Waals surface area contributed by atoms with Gasteiger partial charge in [0.05, 0.1) is 13.0 Å². The van der Waals surface area contributed by atoms with Crippen LogP contribution >= 0.6 is 0 Å². The van der Waals surface area contributed by atoms with Crippen LogP contribution < -0.4 is 15.0 Å². The first-order valence-electron chi connectivity index (χ1n) is 5.67. The summed E-state index contributed by atoms with van der Waals surface area (Å²) in [6, 6.07) is 6.91. The Morgan fingerprint density at radius 3 is 2.67 bits per heavy atom. The third-order valence-corrected chi connectivity index (χ3v) is 2.59. The minimum absolute atomic E-state index is 0.0315. The molecule has 6 nitrogen and oxygen atoms in total. The normalized spacial score (nSPS) is 14.4. The number of rotatable bonds is 5. The van der Waals surface area contributed by atoms with Crippen molar-refractivity contribution >= 4 is 17.7 Å². The van der Waals surface area contributed by atoms with Gasteiger partial charge in [0.2, 0.25) is 0 Å². The van der Waals surface area contributed by atoms with E-state index >= 15 is 0 Å². The number of aliphatic carboxylic acids is 1. The van der Waals surface area contributed by atoms with Gasteiger partial charge < -0.3 is 15.2 Å². The molecule has 0 bridgehead atoms. The molecule has 0 aliphatic carbocycles. The molecule has 2 N–H and O–H groups in total. The van der Waals surface area contributed by atoms with Crippen LogP contribution in [-0.4, -0.2) is 36.8 Å². The largest absolute Gasteiger partial charge is 0.493 e. The minimum Gasteiger partial charge on any atom is -0.493 e. The SMILES string of the molecule is O=C(O)CCOc1ccc(N2CCNC2=O)cc1. The zero-order valence-electron chi connectivity index (χ0n) is 9.76. The van der Waals surface area contributed by atoms with E-state index in [0.29, 0.717) is 18.8 Å². The Morgan fingerprint density at radius 2 is 2.11 bits per heavy atom. The van der Waals surface area contributed by atoms with E-state index in [9.17, 15) is 9.59 Å². The number of anilines is 1. The molecule has 0 unspecified atom stereocenters. The average Bonchev–Trinajstić information content (AvgIpc) is 2.76. The Balaban J connectivity index is 1.93. The number of nitrogens with one attached hydrogen (secondary N) is 1. The number of carboxylic acid groups (broad SMARTS) is 1. The Kier molecular flexibility index (Phi) is 3.66. The van der Waals surface area contributed by atoms with Gasteiger partial charge in [-0.1, -0.05) is 0 Å². The Labute approximate surface area is 104 Å². The molecule has 1 aromatic rings. The van der Waals surface area contributed by atoms with Crippen molar-refractivity contribution in [2.45, 2.75) is 6.42 Å². The van der Waals surface area contributed by atoms with Crippen LogP contribution in [-0.2, 0) is 4.79 Å². The lowest BCUT2D eigenvalue weighted by molar-refractivity contribution is -0.137. The van der Waals surface area contributed by atoms with Gasteiger partial charge in [0.25, 0.3) is 0 Å². The Hall–Kier alpha value is -2.24. The quantitative estimate of drug-likeness (QED) is 0.819. The van der Waals surface area contributed by atoms with Crippen LogP contribution in [0.3, 0.4) is 0 Å². The highest BCUT2D eigenvalue weighted by Crippen LogP contribution is 2.20. The number of hydrogen-bond acceptors (Lipinski definition) is 3. The summed E-state index contributed by atoms with van der Waals surface area (Å²) in [6.45, 7) is 1.44. The maximum atomic E-state index is 11.4. The number of carboxylic acids is 1. The predicted octanol–water partition coefficient (Wildman–Crippen LogP) is 1.07. The highest BCUT2D eigenvalue weighted by atomic mass is 16.5. The van der Waals surface area contributed by atoms with Crippen LogP contribution in [0.4, 0.5) is 10.5 Å². The van der Waals surface area contributed by atoms with Gasteiger partial charge in [-0.05, 0) is 24.3 Å². The van der Waals surface area contributed by atoms with Crippen molar-refractivity contribution in [3.8, 4) is 5.75 Å². The van der Waals surface area contributed by atoms with E-state index < -0.39 is 5.97 Å². The summed E-state index contributed by atoms with van der Waals surface area (Å²) in [6.07, 6.45) is -0.0315. The molecule has 0 atom stereocenters. The van der Waals surface area contributed by atoms with Crippen molar-refractivity contribution in [2.75, 3.05) is 24.6 Å². The van der Waals surface area contributed by atoms with E-state index in [-0.39, 0.29) is 19.1 Å². The summed E-state index contributed by atoms with van der Waals surface area (Å²) >= 11 is 0. The maximum absolute atomic E-state index is 11.4. The van der Waals surface area contributed by atoms with Crippen LogP contribution in [0.5, 0.6) is 5.75 Å². The molecule has 0 radical (unpaired) electrons. The molecule has 0 saturated carbocycles. The summed E-state index contributed by atoms with van der Waals surface area (Å²) in [5.74, 6) is -0.292. The molecule has 2 rings (SSSR count). The highest BCUT2D eigenvalue weighted by molar-refractivity contribution is 5.94. The van der Waals surface area contributed by atoms with Crippen molar-refractivity contribution in [1.82, 2.24) is 5.32 Å². The van der Waals surface area contributed by atoms with Gasteiger partial charge in [0.1, 0.15) is 5.75 Å². The Morgan fingerprint density at radius 1 is 1.39 bits per heavy atom. The molecule has 1 aliphatic heterocycles. The lowest BCUT2D eigenvalue weighted by atomic mass is 10.3. The minimum atomic E-state index is -0.889. The van der Waals surface area contributed by atoms with E-state index in [1.165, 1.54) is 0 Å². The number of benzene rings is 1. The van der Waals surface area contributed by atoms with Crippen molar-refractivity contribution in [3.63, 3.8) is 0 Å². The van der Waals surface area contributed by atoms with Gasteiger partial charge in [-0.15, -0.1) is 0 Å². The van der Waals surface area contributed by atoms with E-state index in [4.69, 9.17) is 9.84 Å². The summed E-state index contributed by atoms with van der Waals surface area (Å²) < 4.78 is 5.26. The fraction of sp³-hybridized carbons (Fsp3) is 0.333. The van der Waals surface area contributed by atoms with Crippen molar-refractivity contribution in [3.05, 3.63) is 24.3 Å². The lowest BCUT2D eigenvalue weighted by Gasteiger charge is -2.14. The van der Waals surface area contributed by atoms with Crippen LogP contribution in [0.15, 0.2) is 24.3 Å². The molecule has 2 amide bonds. The first kappa shape index (κ1) is 12.2. The molecule has 6 heteroatoms. The summed E-state index contributed by atoms with van der Waals surface area (Å²) in [5.41, 5.74) is 0.801. The number of carbonyl (C=O) groups excluding carboxylic acids is 1. The molecule has 0 aromatic heterocycles. The second-order valence-corrected chi connectivity index (χ2v) is 3.87. The molecular formula is C12H14N2O4. The first-order valence-corrected chi connectivity index (χ1v) is 5.67. The standard InChI is InChI=1S/C12H14N2O4/c15-11(16)5-8-18-10-3-1-9(2-4-10)14-7-6-13-12(14)17/h1-4H,5-8H2,(H,13,17)(H,15,16). The third-order valence-electron chi connectivity index (χ3n) is 2.59. The van der Waals surface area contributed by atoms with E-state index in [1.807, 2.05) is 0 Å². The van der Waals surface area contributed by atoms with Gasteiger partial charge in [-0.2, -0.15) is 0 Å². The van der Waals surface area contributed by atoms with Gasteiger partial charge in [0.15, 0.2) is 0 Å². The molecule has 18 heavy (non-hydrogen) atoms. The van der Waals surface area contributed by atoms with Crippen molar-refractivity contribution in [1.29, 1.82) is 0 Å². The molecule has 1 aromatic carbocycles. The fourth-order valence-corrected chi connectivity index (χ4v) is 1.70. The van der Waals surface area contributed by atoms with E-state index in [0.717, 1.165) is 5.69 Å². The smallest absolute Gasteiger partial charge is 0.321 e. The van der Waals surface area contributed by atoms with Crippen LogP contribution in [0.1, 0.15) is 6.42 Å². The fourth-order valence-electron chi connectivity index (χ4n) is 1.70. The number of nitrogens with zero attached hydrogens (tertiary/aromatic N) is 1. The molecular weight excluding hydrogens is 236 g/mol. The van der Waals surface area contributed by atoms with Gasteiger partial charge in [-0.3, -0.25) is 9.69 Å². The first-order chi connectivity index (χ1) is 8.66.